The molecule has 1 aromatic heterocycles. The number of hydrogen-bond acceptors (Lipinski definition) is 8. The molecule has 2 amide bonds. The van der Waals surface area contributed by atoms with Crippen LogP contribution in [0.3, 0.4) is 0 Å². The molecule has 0 saturated heterocycles. The number of esters is 1. The van der Waals surface area contributed by atoms with E-state index in [1.807, 2.05) is 0 Å². The van der Waals surface area contributed by atoms with Crippen LogP contribution < -0.4 is 15.4 Å². The van der Waals surface area contributed by atoms with Crippen LogP contribution in [0.1, 0.15) is 12.7 Å². The molecule has 0 bridgehead atoms. The van der Waals surface area contributed by atoms with E-state index >= 15 is 0 Å². The highest BCUT2D eigenvalue weighted by Crippen LogP contribution is 2.22. The van der Waals surface area contributed by atoms with E-state index in [1.54, 1.807) is 44.2 Å². The van der Waals surface area contributed by atoms with Gasteiger partial charge in [-0.05, 0) is 26.0 Å². The van der Waals surface area contributed by atoms with Crippen molar-refractivity contribution < 1.29 is 28.4 Å². The van der Waals surface area contributed by atoms with Crippen molar-refractivity contribution in [2.45, 2.75) is 19.1 Å². The van der Waals surface area contributed by atoms with Crippen LogP contribution in [0.25, 0.3) is 0 Å². The molecule has 1 atom stereocenters. The number of methoxy groups -OCH3 is 1. The van der Waals surface area contributed by atoms with Crippen LogP contribution >= 0.6 is 11.8 Å². The second kappa shape index (κ2) is 10.4. The number of nitrogens with one attached hydrogen (secondary N) is 2. The molecule has 0 aliphatic carbocycles. The van der Waals surface area contributed by atoms with Crippen LogP contribution in [0.4, 0.5) is 11.5 Å². The maximum Gasteiger partial charge on any atom is 0.316 e. The number of carbonyl (C=O) groups excluding carboxylic acids is 3. The van der Waals surface area contributed by atoms with Gasteiger partial charge in [0.15, 0.2) is 12.4 Å². The van der Waals surface area contributed by atoms with Crippen molar-refractivity contribution in [1.82, 2.24) is 5.16 Å². The second-order valence-corrected chi connectivity index (χ2v) is 7.00. The Kier molecular flexibility index (Phi) is 7.88. The molecule has 9 nitrogen and oxygen atoms in total. The van der Waals surface area contributed by atoms with Crippen LogP contribution in [0.2, 0.25) is 0 Å². The third-order valence-electron chi connectivity index (χ3n) is 3.44. The lowest BCUT2D eigenvalue weighted by Crippen LogP contribution is -2.25. The summed E-state index contributed by atoms with van der Waals surface area (Å²) < 4.78 is 14.9. The molecule has 0 fully saturated rings. The van der Waals surface area contributed by atoms with E-state index in [9.17, 15) is 14.4 Å². The molecule has 2 N–H and O–H groups in total. The van der Waals surface area contributed by atoms with E-state index in [0.29, 0.717) is 23.0 Å². The van der Waals surface area contributed by atoms with Crippen molar-refractivity contribution in [3.63, 3.8) is 0 Å². The Hall–Kier alpha value is -3.01. The first-order valence-corrected chi connectivity index (χ1v) is 9.38. The van der Waals surface area contributed by atoms with E-state index in [2.05, 4.69) is 15.8 Å². The fraction of sp³-hybridized carbons (Fsp3) is 0.333. The molecular weight excluding hydrogens is 386 g/mol. The number of amides is 2. The van der Waals surface area contributed by atoms with Crippen LogP contribution in [0.5, 0.6) is 5.75 Å². The average molecular weight is 407 g/mol. The summed E-state index contributed by atoms with van der Waals surface area (Å²) in [6, 6.07) is 8.47. The molecule has 2 rings (SSSR count). The van der Waals surface area contributed by atoms with E-state index in [1.165, 1.54) is 7.11 Å². The van der Waals surface area contributed by atoms with Gasteiger partial charge in [0, 0.05) is 6.07 Å². The van der Waals surface area contributed by atoms with Crippen molar-refractivity contribution in [3.8, 4) is 5.75 Å². The highest BCUT2D eigenvalue weighted by Gasteiger charge is 2.18. The quantitative estimate of drug-likeness (QED) is 0.607. The summed E-state index contributed by atoms with van der Waals surface area (Å²) in [6.07, 6.45) is 0. The van der Waals surface area contributed by atoms with Crippen LogP contribution in [0, 0.1) is 6.92 Å². The minimum absolute atomic E-state index is 0.0750. The lowest BCUT2D eigenvalue weighted by Gasteiger charge is -2.11. The van der Waals surface area contributed by atoms with E-state index < -0.39 is 23.7 Å². The molecule has 0 aliphatic heterocycles. The van der Waals surface area contributed by atoms with Gasteiger partial charge in [0.25, 0.3) is 5.91 Å². The number of anilines is 2. The van der Waals surface area contributed by atoms with Crippen molar-refractivity contribution in [1.29, 1.82) is 0 Å². The van der Waals surface area contributed by atoms with Gasteiger partial charge < -0.3 is 24.6 Å². The number of thioether (sulfide) groups is 1. The van der Waals surface area contributed by atoms with Gasteiger partial charge in [-0.3, -0.25) is 14.4 Å². The summed E-state index contributed by atoms with van der Waals surface area (Å²) in [5.74, 6) is -0.0999. The number of benzene rings is 1. The maximum absolute atomic E-state index is 12.0. The molecule has 0 saturated carbocycles. The van der Waals surface area contributed by atoms with Gasteiger partial charge in [0.05, 0.1) is 23.8 Å². The number of rotatable bonds is 9. The molecule has 28 heavy (non-hydrogen) atoms. The number of nitrogens with zero attached hydrogens (tertiary/aromatic N) is 1. The van der Waals surface area contributed by atoms with Crippen LogP contribution in [0.15, 0.2) is 34.9 Å². The van der Waals surface area contributed by atoms with Gasteiger partial charge in [-0.1, -0.05) is 17.3 Å². The third kappa shape index (κ3) is 6.62. The largest absolute Gasteiger partial charge is 0.495 e. The molecule has 2 aromatic rings. The molecule has 150 valence electrons. The number of ether oxygens (including phenoxy) is 2. The van der Waals surface area contributed by atoms with Gasteiger partial charge >= 0.3 is 5.97 Å². The summed E-state index contributed by atoms with van der Waals surface area (Å²) in [4.78, 5) is 35.7. The summed E-state index contributed by atoms with van der Waals surface area (Å²) in [7, 11) is 1.49. The van der Waals surface area contributed by atoms with Gasteiger partial charge in [-0.2, -0.15) is 0 Å². The molecule has 0 aliphatic rings. The van der Waals surface area contributed by atoms with Gasteiger partial charge in [0.1, 0.15) is 11.5 Å². The van der Waals surface area contributed by atoms with Crippen LogP contribution in [-0.2, 0) is 19.1 Å². The van der Waals surface area contributed by atoms with Crippen molar-refractivity contribution >= 4 is 41.1 Å². The Morgan fingerprint density at radius 3 is 2.68 bits per heavy atom. The summed E-state index contributed by atoms with van der Waals surface area (Å²) in [5.41, 5.74) is 0.480. The predicted molar refractivity (Wildman–Crippen MR) is 104 cm³/mol. The van der Waals surface area contributed by atoms with Crippen molar-refractivity contribution in [3.05, 3.63) is 36.1 Å². The molecule has 0 spiro atoms. The first-order valence-electron chi connectivity index (χ1n) is 8.33. The Labute approximate surface area is 166 Å². The Morgan fingerprint density at radius 1 is 1.25 bits per heavy atom. The third-order valence-corrected chi connectivity index (χ3v) is 4.56. The lowest BCUT2D eigenvalue weighted by molar-refractivity contribution is -0.144. The normalized spacial score (nSPS) is 11.4. The number of aromatic nitrogens is 1. The number of para-hydroxylation sites is 2. The highest BCUT2D eigenvalue weighted by molar-refractivity contribution is 8.01. The van der Waals surface area contributed by atoms with Gasteiger partial charge in [-0.25, -0.2) is 0 Å². The average Bonchev–Trinajstić information content (AvgIpc) is 3.09. The summed E-state index contributed by atoms with van der Waals surface area (Å²) >= 11 is 1.08. The Bertz CT molecular complexity index is 838. The highest BCUT2D eigenvalue weighted by atomic mass is 32.2. The zero-order chi connectivity index (χ0) is 20.5. The zero-order valence-corrected chi connectivity index (χ0v) is 16.5. The van der Waals surface area contributed by atoms with Crippen LogP contribution in [-0.4, -0.2) is 47.7 Å². The number of hydrogen-bond donors (Lipinski definition) is 2. The number of aryl methyl sites for hydroxylation is 1. The zero-order valence-electron chi connectivity index (χ0n) is 15.7. The van der Waals surface area contributed by atoms with E-state index in [0.717, 1.165) is 11.8 Å². The second-order valence-electron chi connectivity index (χ2n) is 5.67. The predicted octanol–water partition coefficient (Wildman–Crippen LogP) is 2.23. The molecule has 0 unspecified atom stereocenters. The molecular formula is C18H21N3O6S. The minimum atomic E-state index is -0.600. The maximum atomic E-state index is 12.0. The smallest absolute Gasteiger partial charge is 0.316 e. The fourth-order valence-electron chi connectivity index (χ4n) is 2.04. The topological polar surface area (TPSA) is 120 Å². The molecule has 1 aromatic carbocycles. The fourth-order valence-corrected chi connectivity index (χ4v) is 2.72. The summed E-state index contributed by atoms with van der Waals surface area (Å²) in [6.45, 7) is 2.92. The molecule has 1 heterocycles. The monoisotopic (exact) mass is 407 g/mol. The first-order chi connectivity index (χ1) is 13.4. The Balaban J connectivity index is 1.70. The lowest BCUT2D eigenvalue weighted by atomic mass is 10.3. The molecule has 0 radical (unpaired) electrons. The van der Waals surface area contributed by atoms with Crippen molar-refractivity contribution in [2.24, 2.45) is 0 Å². The standard InChI is InChI=1S/C18H21N3O6S/c1-11-8-15(21-27-11)20-18(24)12(2)28-10-17(23)26-9-16(22)19-13-6-4-5-7-14(13)25-3/h4-8,12H,9-10H2,1-3H3,(H,19,22)(H,20,21,24)/t12-/m1/s1. The minimum Gasteiger partial charge on any atom is -0.495 e. The number of carbonyl (C=O) groups is 3. The van der Waals surface area contributed by atoms with Gasteiger partial charge in [0.2, 0.25) is 5.91 Å². The SMILES string of the molecule is COc1ccccc1NC(=O)COC(=O)CS[C@H](C)C(=O)Nc1cc(C)on1. The van der Waals surface area contributed by atoms with E-state index in [-0.39, 0.29) is 11.7 Å². The molecule has 10 heteroatoms. The summed E-state index contributed by atoms with van der Waals surface area (Å²) in [5, 5.41) is 8.33. The first kappa shape index (κ1) is 21.3. The Morgan fingerprint density at radius 2 is 2.00 bits per heavy atom. The van der Waals surface area contributed by atoms with Gasteiger partial charge in [-0.15, -0.1) is 11.8 Å². The van der Waals surface area contributed by atoms with E-state index in [4.69, 9.17) is 14.0 Å². The van der Waals surface area contributed by atoms with Crippen molar-refractivity contribution in [2.75, 3.05) is 30.1 Å².